The zero-order valence-electron chi connectivity index (χ0n) is 10.1. The molecule has 0 fully saturated rings. The van der Waals surface area contributed by atoms with Crippen molar-refractivity contribution in [2.45, 2.75) is 19.9 Å². The van der Waals surface area contributed by atoms with Gasteiger partial charge in [0, 0.05) is 29.4 Å². The van der Waals surface area contributed by atoms with Gasteiger partial charge in [-0.2, -0.15) is 16.3 Å². The van der Waals surface area contributed by atoms with E-state index in [1.54, 1.807) is 17.5 Å². The molecule has 0 saturated heterocycles. The van der Waals surface area contributed by atoms with Crippen molar-refractivity contribution in [1.29, 1.82) is 0 Å². The Morgan fingerprint density at radius 1 is 1.39 bits per heavy atom. The lowest BCUT2D eigenvalue weighted by Gasteiger charge is -2.07. The third kappa shape index (κ3) is 1.84. The first-order valence-electron chi connectivity index (χ1n) is 5.65. The van der Waals surface area contributed by atoms with Crippen molar-refractivity contribution in [3.8, 4) is 23.1 Å². The second-order valence-corrected chi connectivity index (χ2v) is 4.97. The minimum absolute atomic E-state index is 0.305. The summed E-state index contributed by atoms with van der Waals surface area (Å²) in [5.41, 5.74) is 0.970. The fourth-order valence-electron chi connectivity index (χ4n) is 1.72. The van der Waals surface area contributed by atoms with Crippen molar-refractivity contribution in [2.75, 3.05) is 0 Å². The highest BCUT2D eigenvalue weighted by Crippen LogP contribution is 2.24. The van der Waals surface area contributed by atoms with Crippen LogP contribution in [0.1, 0.15) is 19.9 Å². The van der Waals surface area contributed by atoms with E-state index in [1.165, 1.54) is 0 Å². The van der Waals surface area contributed by atoms with E-state index in [4.69, 9.17) is 4.52 Å². The van der Waals surface area contributed by atoms with Crippen LogP contribution in [-0.4, -0.2) is 19.7 Å². The Bertz CT molecular complexity index is 639. The summed E-state index contributed by atoms with van der Waals surface area (Å²) in [6.45, 7) is 4.17. The van der Waals surface area contributed by atoms with E-state index in [9.17, 15) is 0 Å². The van der Waals surface area contributed by atoms with Gasteiger partial charge in [-0.15, -0.1) is 0 Å². The van der Waals surface area contributed by atoms with Crippen LogP contribution >= 0.6 is 11.3 Å². The topological polar surface area (TPSA) is 56.7 Å². The van der Waals surface area contributed by atoms with Gasteiger partial charge in [-0.1, -0.05) is 5.16 Å². The zero-order valence-corrected chi connectivity index (χ0v) is 10.9. The molecule has 0 aromatic carbocycles. The van der Waals surface area contributed by atoms with Gasteiger partial charge in [0.25, 0.3) is 5.89 Å². The molecule has 0 aliphatic carbocycles. The number of nitrogens with zero attached hydrogens (tertiary/aromatic N) is 4. The third-order valence-electron chi connectivity index (χ3n) is 2.62. The molecule has 0 saturated carbocycles. The first-order chi connectivity index (χ1) is 8.75. The van der Waals surface area contributed by atoms with Gasteiger partial charge in [0.05, 0.1) is 0 Å². The molecule has 0 unspecified atom stereocenters. The fourth-order valence-corrected chi connectivity index (χ4v) is 2.35. The molecule has 3 aromatic rings. The van der Waals surface area contributed by atoms with Gasteiger partial charge in [0.15, 0.2) is 5.82 Å². The molecule has 0 aliphatic rings. The summed E-state index contributed by atoms with van der Waals surface area (Å²) in [6.07, 6.45) is 3.65. The van der Waals surface area contributed by atoms with Gasteiger partial charge >= 0.3 is 0 Å². The highest BCUT2D eigenvalue weighted by Gasteiger charge is 2.16. The van der Waals surface area contributed by atoms with Crippen LogP contribution in [0.5, 0.6) is 0 Å². The van der Waals surface area contributed by atoms with Gasteiger partial charge < -0.3 is 9.09 Å². The maximum Gasteiger partial charge on any atom is 0.294 e. The van der Waals surface area contributed by atoms with Crippen LogP contribution in [0.2, 0.25) is 0 Å². The van der Waals surface area contributed by atoms with Gasteiger partial charge in [-0.3, -0.25) is 0 Å². The molecule has 0 N–H and O–H groups in total. The number of imidazole rings is 1. The van der Waals surface area contributed by atoms with Crippen LogP contribution in [0.3, 0.4) is 0 Å². The molecule has 0 amide bonds. The highest BCUT2D eigenvalue weighted by molar-refractivity contribution is 7.08. The largest absolute Gasteiger partial charge is 0.330 e. The second kappa shape index (κ2) is 4.38. The summed E-state index contributed by atoms with van der Waals surface area (Å²) in [5.74, 6) is 1.76. The molecule has 3 rings (SSSR count). The average Bonchev–Trinajstić information content (AvgIpc) is 3.10. The van der Waals surface area contributed by atoms with Gasteiger partial charge in [0.2, 0.25) is 5.82 Å². The fraction of sp³-hybridized carbons (Fsp3) is 0.250. The van der Waals surface area contributed by atoms with Gasteiger partial charge in [-0.05, 0) is 25.3 Å². The van der Waals surface area contributed by atoms with Crippen molar-refractivity contribution in [3.05, 3.63) is 29.2 Å². The molecule has 0 spiro atoms. The Hall–Kier alpha value is -1.95. The summed E-state index contributed by atoms with van der Waals surface area (Å²) < 4.78 is 7.29. The minimum atomic E-state index is 0.305. The van der Waals surface area contributed by atoms with Crippen LogP contribution in [-0.2, 0) is 0 Å². The molecule has 6 heteroatoms. The Morgan fingerprint density at radius 3 is 3.00 bits per heavy atom. The standard InChI is InChI=1S/C12H12N4OS/c1-8(2)16-5-4-13-11(16)12-14-10(15-17-12)9-3-6-18-7-9/h3-8H,1-2H3. The van der Waals surface area contributed by atoms with Gasteiger partial charge in [-0.25, -0.2) is 4.98 Å². The Balaban J connectivity index is 2.01. The molecule has 0 radical (unpaired) electrons. The average molecular weight is 260 g/mol. The molecule has 5 nitrogen and oxygen atoms in total. The van der Waals surface area contributed by atoms with Crippen molar-refractivity contribution in [3.63, 3.8) is 0 Å². The maximum absolute atomic E-state index is 5.28. The van der Waals surface area contributed by atoms with Crippen LogP contribution in [0.15, 0.2) is 33.7 Å². The maximum atomic E-state index is 5.28. The summed E-state index contributed by atoms with van der Waals surface area (Å²) in [5, 5.41) is 7.96. The molecule has 3 aromatic heterocycles. The number of aromatic nitrogens is 4. The van der Waals surface area contributed by atoms with E-state index in [2.05, 4.69) is 29.0 Å². The highest BCUT2D eigenvalue weighted by atomic mass is 32.1. The number of hydrogen-bond donors (Lipinski definition) is 0. The zero-order chi connectivity index (χ0) is 12.5. The molecule has 0 atom stereocenters. The molecular formula is C12H12N4OS. The lowest BCUT2D eigenvalue weighted by Crippen LogP contribution is -2.01. The molecule has 0 bridgehead atoms. The van der Waals surface area contributed by atoms with Crippen molar-refractivity contribution in [2.24, 2.45) is 0 Å². The van der Waals surface area contributed by atoms with E-state index >= 15 is 0 Å². The molecular weight excluding hydrogens is 248 g/mol. The van der Waals surface area contributed by atoms with Crippen LogP contribution in [0.25, 0.3) is 23.1 Å². The van der Waals surface area contributed by atoms with Crippen molar-refractivity contribution < 1.29 is 4.52 Å². The molecule has 0 aliphatic heterocycles. The first kappa shape index (κ1) is 11.2. The van der Waals surface area contributed by atoms with Crippen molar-refractivity contribution >= 4 is 11.3 Å². The molecule has 18 heavy (non-hydrogen) atoms. The Kier molecular flexibility index (Phi) is 2.71. The normalized spacial score (nSPS) is 11.3. The first-order valence-corrected chi connectivity index (χ1v) is 6.59. The van der Waals surface area contributed by atoms with Crippen molar-refractivity contribution in [1.82, 2.24) is 19.7 Å². The number of rotatable bonds is 3. The smallest absolute Gasteiger partial charge is 0.294 e. The van der Waals surface area contributed by atoms with Crippen LogP contribution in [0, 0.1) is 0 Å². The van der Waals surface area contributed by atoms with Crippen LogP contribution < -0.4 is 0 Å². The summed E-state index contributed by atoms with van der Waals surface area (Å²) in [7, 11) is 0. The van der Waals surface area contributed by atoms with E-state index in [0.717, 1.165) is 5.56 Å². The number of hydrogen-bond acceptors (Lipinski definition) is 5. The third-order valence-corrected chi connectivity index (χ3v) is 3.30. The van der Waals surface area contributed by atoms with Gasteiger partial charge in [0.1, 0.15) is 0 Å². The SMILES string of the molecule is CC(C)n1ccnc1-c1nc(-c2ccsc2)no1. The van der Waals surface area contributed by atoms with E-state index in [-0.39, 0.29) is 0 Å². The molecule has 92 valence electrons. The number of thiophene rings is 1. The van der Waals surface area contributed by atoms with E-state index < -0.39 is 0 Å². The monoisotopic (exact) mass is 260 g/mol. The second-order valence-electron chi connectivity index (χ2n) is 4.19. The summed E-state index contributed by atoms with van der Waals surface area (Å²) >= 11 is 1.61. The summed E-state index contributed by atoms with van der Waals surface area (Å²) in [6, 6.07) is 2.27. The van der Waals surface area contributed by atoms with E-state index in [0.29, 0.717) is 23.6 Å². The lowest BCUT2D eigenvalue weighted by atomic mass is 10.3. The predicted molar refractivity (Wildman–Crippen MR) is 69.2 cm³/mol. The minimum Gasteiger partial charge on any atom is -0.330 e. The van der Waals surface area contributed by atoms with Crippen LogP contribution in [0.4, 0.5) is 0 Å². The Labute approximate surface area is 108 Å². The lowest BCUT2D eigenvalue weighted by molar-refractivity contribution is 0.425. The Morgan fingerprint density at radius 2 is 2.28 bits per heavy atom. The van der Waals surface area contributed by atoms with E-state index in [1.807, 2.05) is 27.6 Å². The quantitative estimate of drug-likeness (QED) is 0.725. The predicted octanol–water partition coefficient (Wildman–Crippen LogP) is 3.24. The summed E-state index contributed by atoms with van der Waals surface area (Å²) in [4.78, 5) is 8.66. The molecule has 3 heterocycles.